The molecule has 1 aliphatic heterocycles. The Labute approximate surface area is 127 Å². The van der Waals surface area contributed by atoms with E-state index in [1.165, 1.54) is 0 Å². The smallest absolute Gasteiger partial charge is 0.240 e. The number of unbranched alkanes of at least 4 members (excludes halogenated alkanes) is 1. The van der Waals surface area contributed by atoms with Crippen molar-refractivity contribution in [3.05, 3.63) is 23.8 Å². The van der Waals surface area contributed by atoms with E-state index < -0.39 is 10.0 Å². The van der Waals surface area contributed by atoms with Crippen LogP contribution in [0.4, 0.5) is 0 Å². The molecule has 1 aliphatic rings. The molecule has 0 saturated carbocycles. The second-order valence-corrected chi connectivity index (χ2v) is 7.40. The van der Waals surface area contributed by atoms with Crippen LogP contribution in [0.2, 0.25) is 0 Å². The van der Waals surface area contributed by atoms with Crippen molar-refractivity contribution in [2.24, 2.45) is 5.92 Å². The van der Waals surface area contributed by atoms with Gasteiger partial charge in [-0.05, 0) is 36.1 Å². The molecule has 2 rings (SSSR count). The van der Waals surface area contributed by atoms with Gasteiger partial charge in [0.05, 0.1) is 11.5 Å². The molecule has 1 unspecified atom stereocenters. The van der Waals surface area contributed by atoms with Gasteiger partial charge in [0.15, 0.2) is 0 Å². The molecule has 4 nitrogen and oxygen atoms in total. The lowest BCUT2D eigenvalue weighted by Gasteiger charge is -2.15. The number of fused-ring (bicyclic) bond motifs is 1. The summed E-state index contributed by atoms with van der Waals surface area (Å²) in [5, 5.41) is 0. The van der Waals surface area contributed by atoms with Gasteiger partial charge in [-0.1, -0.05) is 33.1 Å². The first kappa shape index (κ1) is 16.3. The molecule has 1 aromatic rings. The van der Waals surface area contributed by atoms with E-state index in [-0.39, 0.29) is 0 Å². The molecule has 118 valence electrons. The van der Waals surface area contributed by atoms with Crippen molar-refractivity contribution in [1.82, 2.24) is 4.72 Å². The summed E-state index contributed by atoms with van der Waals surface area (Å²) in [6, 6.07) is 5.11. The molecule has 0 spiro atoms. The summed E-state index contributed by atoms with van der Waals surface area (Å²) >= 11 is 0. The van der Waals surface area contributed by atoms with E-state index in [4.69, 9.17) is 4.74 Å². The van der Waals surface area contributed by atoms with E-state index in [1.54, 1.807) is 18.2 Å². The van der Waals surface area contributed by atoms with Gasteiger partial charge in [0.1, 0.15) is 5.75 Å². The van der Waals surface area contributed by atoms with Gasteiger partial charge >= 0.3 is 0 Å². The zero-order chi connectivity index (χ0) is 15.3. The maximum Gasteiger partial charge on any atom is 0.240 e. The van der Waals surface area contributed by atoms with Crippen LogP contribution >= 0.6 is 0 Å². The van der Waals surface area contributed by atoms with Gasteiger partial charge in [0, 0.05) is 13.0 Å². The summed E-state index contributed by atoms with van der Waals surface area (Å²) in [5.74, 6) is 1.22. The van der Waals surface area contributed by atoms with Crippen LogP contribution in [0.15, 0.2) is 23.1 Å². The van der Waals surface area contributed by atoms with Crippen LogP contribution in [0.5, 0.6) is 5.75 Å². The molecule has 21 heavy (non-hydrogen) atoms. The van der Waals surface area contributed by atoms with E-state index in [0.717, 1.165) is 43.4 Å². The number of ether oxygens (including phenoxy) is 1. The van der Waals surface area contributed by atoms with Gasteiger partial charge in [-0.15, -0.1) is 0 Å². The summed E-state index contributed by atoms with van der Waals surface area (Å²) in [5.41, 5.74) is 0.982. The third-order valence-electron chi connectivity index (χ3n) is 4.08. The maximum absolute atomic E-state index is 12.4. The van der Waals surface area contributed by atoms with E-state index >= 15 is 0 Å². The number of sulfonamides is 1. The third kappa shape index (κ3) is 4.20. The molecule has 1 atom stereocenters. The predicted molar refractivity (Wildman–Crippen MR) is 84.1 cm³/mol. The van der Waals surface area contributed by atoms with Gasteiger partial charge in [0.2, 0.25) is 10.0 Å². The lowest BCUT2D eigenvalue weighted by atomic mass is 10.00. The highest BCUT2D eigenvalue weighted by atomic mass is 32.2. The van der Waals surface area contributed by atoms with Crippen LogP contribution in [0.3, 0.4) is 0 Å². The lowest BCUT2D eigenvalue weighted by Crippen LogP contribution is -2.29. The molecule has 0 saturated heterocycles. The van der Waals surface area contributed by atoms with Gasteiger partial charge in [-0.3, -0.25) is 0 Å². The second-order valence-electron chi connectivity index (χ2n) is 5.64. The first-order valence-electron chi connectivity index (χ1n) is 7.82. The van der Waals surface area contributed by atoms with Gasteiger partial charge in [0.25, 0.3) is 0 Å². The van der Waals surface area contributed by atoms with Gasteiger partial charge in [-0.25, -0.2) is 13.1 Å². The standard InChI is InChI=1S/C16H25NO3S/c1-3-5-6-13(4-2)12-17-21(18,19)15-7-8-16-14(11-15)9-10-20-16/h7-8,11,13,17H,3-6,9-10,12H2,1-2H3. The summed E-state index contributed by atoms with van der Waals surface area (Å²) in [4.78, 5) is 0.345. The van der Waals surface area contributed by atoms with Crippen molar-refractivity contribution < 1.29 is 13.2 Å². The predicted octanol–water partition coefficient (Wildman–Crippen LogP) is 3.12. The number of hydrogen-bond donors (Lipinski definition) is 1. The first-order chi connectivity index (χ1) is 10.1. The minimum absolute atomic E-state index is 0.345. The Balaban J connectivity index is 2.01. The Hall–Kier alpha value is -1.07. The van der Waals surface area contributed by atoms with Crippen molar-refractivity contribution in [3.8, 4) is 5.75 Å². The zero-order valence-electron chi connectivity index (χ0n) is 12.9. The van der Waals surface area contributed by atoms with Crippen LogP contribution in [0, 0.1) is 5.92 Å². The quantitative estimate of drug-likeness (QED) is 0.802. The second kappa shape index (κ2) is 7.27. The van der Waals surface area contributed by atoms with Crippen molar-refractivity contribution in [3.63, 3.8) is 0 Å². The Kier molecular flexibility index (Phi) is 5.65. The van der Waals surface area contributed by atoms with Crippen molar-refractivity contribution in [1.29, 1.82) is 0 Å². The summed E-state index contributed by atoms with van der Waals surface area (Å²) in [6.07, 6.45) is 5.16. The van der Waals surface area contributed by atoms with E-state index in [2.05, 4.69) is 18.6 Å². The Morgan fingerprint density at radius 2 is 2.14 bits per heavy atom. The van der Waals surface area contributed by atoms with Crippen LogP contribution in [0.25, 0.3) is 0 Å². The van der Waals surface area contributed by atoms with Gasteiger partial charge < -0.3 is 4.74 Å². The van der Waals surface area contributed by atoms with E-state index in [9.17, 15) is 8.42 Å². The average Bonchev–Trinajstić information content (AvgIpc) is 2.95. The third-order valence-corrected chi connectivity index (χ3v) is 5.50. The number of benzene rings is 1. The van der Waals surface area contributed by atoms with Crippen LogP contribution < -0.4 is 9.46 Å². The van der Waals surface area contributed by atoms with Crippen molar-refractivity contribution in [2.75, 3.05) is 13.2 Å². The highest BCUT2D eigenvalue weighted by molar-refractivity contribution is 7.89. The van der Waals surface area contributed by atoms with Crippen molar-refractivity contribution in [2.45, 2.75) is 50.8 Å². The SMILES string of the molecule is CCCCC(CC)CNS(=O)(=O)c1ccc2c(c1)CCO2. The summed E-state index contributed by atoms with van der Waals surface area (Å²) < 4.78 is 32.9. The molecule has 0 aliphatic carbocycles. The van der Waals surface area contributed by atoms with E-state index in [1.807, 2.05) is 0 Å². The average molecular weight is 311 g/mol. The highest BCUT2D eigenvalue weighted by Crippen LogP contribution is 2.27. The fourth-order valence-corrected chi connectivity index (χ4v) is 3.75. The minimum Gasteiger partial charge on any atom is -0.493 e. The molecule has 1 aromatic carbocycles. The van der Waals surface area contributed by atoms with Crippen LogP contribution in [-0.4, -0.2) is 21.6 Å². The number of nitrogens with one attached hydrogen (secondary N) is 1. The molecule has 0 aromatic heterocycles. The molecule has 1 heterocycles. The monoisotopic (exact) mass is 311 g/mol. The number of hydrogen-bond acceptors (Lipinski definition) is 3. The molecule has 0 amide bonds. The molecule has 1 N–H and O–H groups in total. The Morgan fingerprint density at radius 3 is 2.86 bits per heavy atom. The zero-order valence-corrected chi connectivity index (χ0v) is 13.7. The molecule has 0 fully saturated rings. The molecular formula is C16H25NO3S. The Morgan fingerprint density at radius 1 is 1.33 bits per heavy atom. The van der Waals surface area contributed by atoms with Crippen molar-refractivity contribution >= 4 is 10.0 Å². The molecule has 0 bridgehead atoms. The highest BCUT2D eigenvalue weighted by Gasteiger charge is 2.20. The minimum atomic E-state index is -3.42. The lowest BCUT2D eigenvalue weighted by molar-refractivity contribution is 0.356. The topological polar surface area (TPSA) is 55.4 Å². The molecule has 0 radical (unpaired) electrons. The summed E-state index contributed by atoms with van der Waals surface area (Å²) in [7, 11) is -3.42. The van der Waals surface area contributed by atoms with E-state index in [0.29, 0.717) is 24.0 Å². The summed E-state index contributed by atoms with van der Waals surface area (Å²) in [6.45, 7) is 5.43. The van der Waals surface area contributed by atoms with Gasteiger partial charge in [-0.2, -0.15) is 0 Å². The maximum atomic E-state index is 12.4. The molecular weight excluding hydrogens is 286 g/mol. The van der Waals surface area contributed by atoms with Crippen LogP contribution in [0.1, 0.15) is 45.1 Å². The number of rotatable bonds is 8. The fraction of sp³-hybridized carbons (Fsp3) is 0.625. The first-order valence-corrected chi connectivity index (χ1v) is 9.30. The Bertz CT molecular complexity index is 569. The largest absolute Gasteiger partial charge is 0.493 e. The van der Waals surface area contributed by atoms with Crippen LogP contribution in [-0.2, 0) is 16.4 Å². The normalized spacial score (nSPS) is 15.5. The fourth-order valence-electron chi connectivity index (χ4n) is 2.58. The molecule has 5 heteroatoms.